The van der Waals surface area contributed by atoms with E-state index in [2.05, 4.69) is 20.5 Å². The summed E-state index contributed by atoms with van der Waals surface area (Å²) in [6, 6.07) is 9.85. The van der Waals surface area contributed by atoms with Crippen LogP contribution in [-0.4, -0.2) is 55.1 Å². The molecule has 0 amide bonds. The van der Waals surface area contributed by atoms with Crippen molar-refractivity contribution in [3.05, 3.63) is 47.8 Å². The molecule has 0 saturated carbocycles. The molecule has 30 heavy (non-hydrogen) atoms. The first-order valence-corrected chi connectivity index (χ1v) is 10.6. The molecule has 156 valence electrons. The summed E-state index contributed by atoms with van der Waals surface area (Å²) in [4.78, 5) is 9.35. The fourth-order valence-corrected chi connectivity index (χ4v) is 4.12. The molecule has 0 aliphatic carbocycles. The molecule has 1 aromatic carbocycles. The van der Waals surface area contributed by atoms with E-state index in [1.165, 1.54) is 0 Å². The highest BCUT2D eigenvalue weighted by atomic mass is 32.2. The molecule has 0 aliphatic heterocycles. The molecule has 0 bridgehead atoms. The number of nitrogens with zero attached hydrogens (tertiary/aromatic N) is 7. The van der Waals surface area contributed by atoms with Crippen molar-refractivity contribution in [3.63, 3.8) is 0 Å². The van der Waals surface area contributed by atoms with Crippen LogP contribution in [0.3, 0.4) is 0 Å². The second-order valence-electron chi connectivity index (χ2n) is 6.69. The molecule has 4 rings (SSSR count). The van der Waals surface area contributed by atoms with Crippen molar-refractivity contribution >= 4 is 22.8 Å². The molecular formula is C20H23N7O2S. The Labute approximate surface area is 178 Å². The van der Waals surface area contributed by atoms with Crippen molar-refractivity contribution < 1.29 is 9.47 Å². The van der Waals surface area contributed by atoms with Crippen LogP contribution in [0.15, 0.2) is 41.7 Å². The van der Waals surface area contributed by atoms with E-state index in [9.17, 15) is 0 Å². The molecule has 0 radical (unpaired) electrons. The molecule has 10 heteroatoms. The first-order valence-electron chi connectivity index (χ1n) is 9.58. The zero-order valence-corrected chi connectivity index (χ0v) is 18.0. The molecule has 0 N–H and O–H groups in total. The van der Waals surface area contributed by atoms with E-state index in [0.29, 0.717) is 24.9 Å². The highest BCUT2D eigenvalue weighted by molar-refractivity contribution is 7.98. The lowest BCUT2D eigenvalue weighted by atomic mass is 10.2. The van der Waals surface area contributed by atoms with Gasteiger partial charge >= 0.3 is 0 Å². The minimum Gasteiger partial charge on any atom is -0.493 e. The molecule has 3 heterocycles. The minimum atomic E-state index is 0.611. The Balaban J connectivity index is 1.58. The highest BCUT2D eigenvalue weighted by Gasteiger charge is 2.18. The van der Waals surface area contributed by atoms with E-state index in [1.54, 1.807) is 29.8 Å². The number of aryl methyl sites for hydroxylation is 1. The fraction of sp³-hybridized carbons (Fsp3) is 0.350. The molecule has 0 fully saturated rings. The Kier molecular flexibility index (Phi) is 6.24. The number of pyridine rings is 1. The number of hydrogen-bond donors (Lipinski definition) is 0. The maximum absolute atomic E-state index is 5.90. The average molecular weight is 426 g/mol. The van der Waals surface area contributed by atoms with Crippen molar-refractivity contribution in [2.75, 3.05) is 20.3 Å². The van der Waals surface area contributed by atoms with Gasteiger partial charge in [0.25, 0.3) is 5.95 Å². The quantitative estimate of drug-likeness (QED) is 0.298. The summed E-state index contributed by atoms with van der Waals surface area (Å²) in [5.41, 5.74) is 3.84. The van der Waals surface area contributed by atoms with E-state index < -0.39 is 0 Å². The van der Waals surface area contributed by atoms with Gasteiger partial charge in [-0.2, -0.15) is 0 Å². The Morgan fingerprint density at radius 3 is 2.80 bits per heavy atom. The van der Waals surface area contributed by atoms with Gasteiger partial charge in [-0.25, -0.2) is 9.67 Å². The predicted molar refractivity (Wildman–Crippen MR) is 114 cm³/mol. The lowest BCUT2D eigenvalue weighted by molar-refractivity contribution is 0.172. The SMILES string of the molecule is COCCCOc1ccnc(CSc2nc3ccccc3n2-c2nnnn2C)c1C. The van der Waals surface area contributed by atoms with Crippen LogP contribution in [-0.2, 0) is 17.5 Å². The van der Waals surface area contributed by atoms with Gasteiger partial charge in [-0.05, 0) is 35.5 Å². The van der Waals surface area contributed by atoms with E-state index >= 15 is 0 Å². The maximum Gasteiger partial charge on any atom is 0.256 e. The van der Waals surface area contributed by atoms with Crippen LogP contribution < -0.4 is 4.74 Å². The molecule has 0 spiro atoms. The average Bonchev–Trinajstić information content (AvgIpc) is 3.33. The van der Waals surface area contributed by atoms with Gasteiger partial charge in [0, 0.05) is 44.7 Å². The van der Waals surface area contributed by atoms with Gasteiger partial charge in [0.1, 0.15) is 5.75 Å². The van der Waals surface area contributed by atoms with Crippen LogP contribution in [0.2, 0.25) is 0 Å². The number of ether oxygens (including phenoxy) is 2. The van der Waals surface area contributed by atoms with E-state index in [0.717, 1.165) is 39.6 Å². The fourth-order valence-electron chi connectivity index (χ4n) is 3.09. The molecule has 0 saturated heterocycles. The zero-order valence-electron chi connectivity index (χ0n) is 17.1. The molecule has 9 nitrogen and oxygen atoms in total. The van der Waals surface area contributed by atoms with Crippen molar-refractivity contribution in [1.82, 2.24) is 34.7 Å². The number of tetrazole rings is 1. The first kappa shape index (κ1) is 20.3. The largest absolute Gasteiger partial charge is 0.493 e. The summed E-state index contributed by atoms with van der Waals surface area (Å²) in [7, 11) is 3.51. The summed E-state index contributed by atoms with van der Waals surface area (Å²) in [6.45, 7) is 3.32. The third kappa shape index (κ3) is 4.14. The van der Waals surface area contributed by atoms with Gasteiger partial charge in [0.15, 0.2) is 5.16 Å². The minimum absolute atomic E-state index is 0.611. The molecule has 0 aliphatic rings. The molecule has 4 aromatic rings. The number of thioether (sulfide) groups is 1. The van der Waals surface area contributed by atoms with Crippen molar-refractivity contribution in [2.24, 2.45) is 7.05 Å². The molecule has 3 aromatic heterocycles. The van der Waals surface area contributed by atoms with E-state index in [4.69, 9.17) is 14.5 Å². The standard InChI is InChI=1S/C20H23N7O2S/c1-14-16(21-10-9-18(14)29-12-6-11-28-3)13-30-20-22-15-7-4-5-8-17(15)27(20)19-23-24-25-26(19)2/h4-5,7-10H,6,11-13H2,1-3H3. The lowest BCUT2D eigenvalue weighted by Gasteiger charge is -2.12. The van der Waals surface area contributed by atoms with Crippen molar-refractivity contribution in [1.29, 1.82) is 0 Å². The summed E-state index contributed by atoms with van der Waals surface area (Å²) in [5.74, 6) is 2.12. The van der Waals surface area contributed by atoms with Crippen LogP contribution >= 0.6 is 11.8 Å². The van der Waals surface area contributed by atoms with Crippen molar-refractivity contribution in [3.8, 4) is 11.7 Å². The number of imidazole rings is 1. The summed E-state index contributed by atoms with van der Waals surface area (Å²) >= 11 is 1.59. The van der Waals surface area contributed by atoms with E-state index in [-0.39, 0.29) is 0 Å². The highest BCUT2D eigenvalue weighted by Crippen LogP contribution is 2.30. The molecular weight excluding hydrogens is 402 g/mol. The van der Waals surface area contributed by atoms with E-state index in [1.807, 2.05) is 48.9 Å². The van der Waals surface area contributed by atoms with Crippen LogP contribution in [0, 0.1) is 6.92 Å². The van der Waals surface area contributed by atoms with Crippen LogP contribution in [0.4, 0.5) is 0 Å². The number of benzene rings is 1. The van der Waals surface area contributed by atoms with Crippen LogP contribution in [0.5, 0.6) is 5.75 Å². The monoisotopic (exact) mass is 425 g/mol. The number of methoxy groups -OCH3 is 1. The van der Waals surface area contributed by atoms with Gasteiger partial charge in [0.05, 0.1) is 23.3 Å². The topological polar surface area (TPSA) is 92.8 Å². The Morgan fingerprint density at radius 2 is 2.00 bits per heavy atom. The second-order valence-corrected chi connectivity index (χ2v) is 7.63. The second kappa shape index (κ2) is 9.23. The Morgan fingerprint density at radius 1 is 1.13 bits per heavy atom. The third-order valence-electron chi connectivity index (χ3n) is 4.67. The predicted octanol–water partition coefficient (Wildman–Crippen LogP) is 2.96. The smallest absolute Gasteiger partial charge is 0.256 e. The molecule has 0 unspecified atom stereocenters. The Bertz CT molecular complexity index is 1140. The number of fused-ring (bicyclic) bond motifs is 1. The zero-order chi connectivity index (χ0) is 20.9. The number of para-hydroxylation sites is 2. The third-order valence-corrected chi connectivity index (χ3v) is 5.62. The van der Waals surface area contributed by atoms with Gasteiger partial charge in [-0.1, -0.05) is 29.0 Å². The Hall–Kier alpha value is -2.98. The van der Waals surface area contributed by atoms with Crippen LogP contribution in [0.1, 0.15) is 17.7 Å². The van der Waals surface area contributed by atoms with Gasteiger partial charge in [-0.3, -0.25) is 9.55 Å². The number of hydrogen-bond acceptors (Lipinski definition) is 8. The molecule has 0 atom stereocenters. The lowest BCUT2D eigenvalue weighted by Crippen LogP contribution is -2.06. The number of aromatic nitrogens is 7. The summed E-state index contributed by atoms with van der Waals surface area (Å²) < 4.78 is 14.6. The van der Waals surface area contributed by atoms with Crippen molar-refractivity contribution in [2.45, 2.75) is 24.3 Å². The first-order chi connectivity index (χ1) is 14.7. The maximum atomic E-state index is 5.90. The van der Waals surface area contributed by atoms with Gasteiger partial charge in [0.2, 0.25) is 0 Å². The van der Waals surface area contributed by atoms with Gasteiger partial charge in [-0.15, -0.1) is 0 Å². The summed E-state index contributed by atoms with van der Waals surface area (Å²) in [6.07, 6.45) is 2.63. The van der Waals surface area contributed by atoms with Gasteiger partial charge < -0.3 is 9.47 Å². The number of rotatable bonds is 9. The van der Waals surface area contributed by atoms with Crippen LogP contribution in [0.25, 0.3) is 17.0 Å². The normalized spacial score (nSPS) is 11.3. The summed E-state index contributed by atoms with van der Waals surface area (Å²) in [5, 5.41) is 12.7.